The number of hydrogen-bond donors (Lipinski definition) is 2. The summed E-state index contributed by atoms with van der Waals surface area (Å²) in [6.07, 6.45) is 1.97. The number of carbonyl (C=O) groups is 1. The van der Waals surface area contributed by atoms with E-state index in [9.17, 15) is 4.79 Å². The maximum atomic E-state index is 11.4. The smallest absolute Gasteiger partial charge is 0.269 e. The highest BCUT2D eigenvalue weighted by atomic mass is 16.4. The molecule has 0 aliphatic carbocycles. The van der Waals surface area contributed by atoms with Gasteiger partial charge >= 0.3 is 0 Å². The van der Waals surface area contributed by atoms with Crippen LogP contribution in [0.4, 0.5) is 0 Å². The molecule has 0 saturated carbocycles. The third kappa shape index (κ3) is 1.15. The molecule has 2 rings (SSSR count). The standard InChI is InChI=1S/C8H10N4O2/c1-12-7-5(2-3-9-8(7)13)6(11-12)4-10-14/h4,14H,2-3H2,1H3,(H,9,13). The van der Waals surface area contributed by atoms with Crippen molar-refractivity contribution in [2.45, 2.75) is 6.42 Å². The minimum atomic E-state index is -0.126. The number of amides is 1. The lowest BCUT2D eigenvalue weighted by Crippen LogP contribution is -2.33. The number of carbonyl (C=O) groups excluding carboxylic acids is 1. The molecule has 0 radical (unpaired) electrons. The zero-order chi connectivity index (χ0) is 10.1. The summed E-state index contributed by atoms with van der Waals surface area (Å²) >= 11 is 0. The Labute approximate surface area is 80.2 Å². The average Bonchev–Trinajstić information content (AvgIpc) is 2.46. The van der Waals surface area contributed by atoms with Gasteiger partial charge in [0, 0.05) is 19.2 Å². The van der Waals surface area contributed by atoms with E-state index < -0.39 is 0 Å². The van der Waals surface area contributed by atoms with Gasteiger partial charge in [-0.2, -0.15) is 5.10 Å². The predicted octanol–water partition coefficient (Wildman–Crippen LogP) is -0.486. The van der Waals surface area contributed by atoms with Gasteiger partial charge in [0.2, 0.25) is 0 Å². The van der Waals surface area contributed by atoms with Gasteiger partial charge in [0.25, 0.3) is 5.91 Å². The van der Waals surface area contributed by atoms with Crippen molar-refractivity contribution in [3.63, 3.8) is 0 Å². The summed E-state index contributed by atoms with van der Waals surface area (Å²) < 4.78 is 1.50. The van der Waals surface area contributed by atoms with Crippen LogP contribution in [0.2, 0.25) is 0 Å². The SMILES string of the molecule is Cn1nc(C=NO)c2c1C(=O)NCC2. The first-order valence-corrected chi connectivity index (χ1v) is 4.25. The molecule has 0 saturated heterocycles. The Morgan fingerprint density at radius 3 is 3.21 bits per heavy atom. The molecule has 0 bridgehead atoms. The van der Waals surface area contributed by atoms with Crippen LogP contribution in [0.1, 0.15) is 21.7 Å². The van der Waals surface area contributed by atoms with E-state index in [-0.39, 0.29) is 5.91 Å². The second-order valence-corrected chi connectivity index (χ2v) is 3.09. The van der Waals surface area contributed by atoms with Gasteiger partial charge in [-0.3, -0.25) is 9.48 Å². The monoisotopic (exact) mass is 194 g/mol. The number of hydrogen-bond acceptors (Lipinski definition) is 4. The Balaban J connectivity index is 2.57. The van der Waals surface area contributed by atoms with Crippen LogP contribution in [0.15, 0.2) is 5.16 Å². The van der Waals surface area contributed by atoms with Gasteiger partial charge in [-0.05, 0) is 6.42 Å². The van der Waals surface area contributed by atoms with Crippen molar-refractivity contribution in [2.24, 2.45) is 12.2 Å². The van der Waals surface area contributed by atoms with E-state index in [4.69, 9.17) is 5.21 Å². The summed E-state index contributed by atoms with van der Waals surface area (Å²) in [6.45, 7) is 0.601. The van der Waals surface area contributed by atoms with Crippen LogP contribution in [-0.4, -0.2) is 33.7 Å². The topological polar surface area (TPSA) is 79.5 Å². The van der Waals surface area contributed by atoms with Crippen molar-refractivity contribution in [3.05, 3.63) is 17.0 Å². The highest BCUT2D eigenvalue weighted by molar-refractivity contribution is 5.97. The molecule has 1 aromatic heterocycles. The van der Waals surface area contributed by atoms with Crippen LogP contribution in [0.25, 0.3) is 0 Å². The molecule has 6 heteroatoms. The third-order valence-electron chi connectivity index (χ3n) is 2.23. The quantitative estimate of drug-likeness (QED) is 0.360. The first-order valence-electron chi connectivity index (χ1n) is 4.25. The first-order chi connectivity index (χ1) is 6.74. The number of rotatable bonds is 1. The van der Waals surface area contributed by atoms with Crippen molar-refractivity contribution in [3.8, 4) is 0 Å². The summed E-state index contributed by atoms with van der Waals surface area (Å²) in [5.41, 5.74) is 1.94. The summed E-state index contributed by atoms with van der Waals surface area (Å²) in [5, 5.41) is 18.1. The molecule has 6 nitrogen and oxygen atoms in total. The Kier molecular flexibility index (Phi) is 1.95. The van der Waals surface area contributed by atoms with Crippen LogP contribution in [-0.2, 0) is 13.5 Å². The molecule has 14 heavy (non-hydrogen) atoms. The second kappa shape index (κ2) is 3.13. The van der Waals surface area contributed by atoms with Crippen molar-refractivity contribution >= 4 is 12.1 Å². The van der Waals surface area contributed by atoms with Crippen molar-refractivity contribution < 1.29 is 10.0 Å². The summed E-state index contributed by atoms with van der Waals surface area (Å²) in [7, 11) is 1.69. The van der Waals surface area contributed by atoms with Crippen LogP contribution in [0.5, 0.6) is 0 Å². The maximum Gasteiger partial charge on any atom is 0.269 e. The Bertz CT molecular complexity index is 408. The van der Waals surface area contributed by atoms with Crippen LogP contribution >= 0.6 is 0 Å². The molecule has 0 aromatic carbocycles. The summed E-state index contributed by atoms with van der Waals surface area (Å²) in [4.78, 5) is 11.4. The predicted molar refractivity (Wildman–Crippen MR) is 48.6 cm³/mol. The van der Waals surface area contributed by atoms with E-state index in [1.165, 1.54) is 10.9 Å². The van der Waals surface area contributed by atoms with E-state index in [2.05, 4.69) is 15.6 Å². The number of oxime groups is 1. The summed E-state index contributed by atoms with van der Waals surface area (Å²) in [6, 6.07) is 0. The van der Waals surface area contributed by atoms with Crippen molar-refractivity contribution in [1.29, 1.82) is 0 Å². The number of aryl methyl sites for hydroxylation is 1. The average molecular weight is 194 g/mol. The molecular weight excluding hydrogens is 184 g/mol. The van der Waals surface area contributed by atoms with Crippen molar-refractivity contribution in [1.82, 2.24) is 15.1 Å². The van der Waals surface area contributed by atoms with Crippen LogP contribution in [0, 0.1) is 0 Å². The Hall–Kier alpha value is -1.85. The molecule has 2 N–H and O–H groups in total. The number of aromatic nitrogens is 2. The molecule has 1 amide bonds. The molecule has 1 aromatic rings. The zero-order valence-corrected chi connectivity index (χ0v) is 7.69. The lowest BCUT2D eigenvalue weighted by molar-refractivity contribution is 0.0936. The minimum absolute atomic E-state index is 0.126. The fourth-order valence-corrected chi connectivity index (χ4v) is 1.66. The van der Waals surface area contributed by atoms with Gasteiger partial charge in [-0.25, -0.2) is 0 Å². The van der Waals surface area contributed by atoms with Gasteiger partial charge in [0.05, 0.1) is 6.21 Å². The van der Waals surface area contributed by atoms with E-state index in [1.54, 1.807) is 7.05 Å². The third-order valence-corrected chi connectivity index (χ3v) is 2.23. The fourth-order valence-electron chi connectivity index (χ4n) is 1.66. The molecular formula is C8H10N4O2. The maximum absolute atomic E-state index is 11.4. The van der Waals surface area contributed by atoms with Gasteiger partial charge in [-0.15, -0.1) is 0 Å². The van der Waals surface area contributed by atoms with E-state index in [0.717, 1.165) is 12.0 Å². The molecule has 74 valence electrons. The number of fused-ring (bicyclic) bond motifs is 1. The molecule has 0 spiro atoms. The first kappa shape index (κ1) is 8.74. The highest BCUT2D eigenvalue weighted by Gasteiger charge is 2.24. The molecule has 1 aliphatic rings. The summed E-state index contributed by atoms with van der Waals surface area (Å²) in [5.74, 6) is -0.126. The van der Waals surface area contributed by atoms with E-state index in [1.807, 2.05) is 0 Å². The lowest BCUT2D eigenvalue weighted by atomic mass is 10.1. The number of nitrogens with one attached hydrogen (secondary N) is 1. The van der Waals surface area contributed by atoms with Crippen LogP contribution < -0.4 is 5.32 Å². The molecule has 0 unspecified atom stereocenters. The van der Waals surface area contributed by atoms with Crippen LogP contribution in [0.3, 0.4) is 0 Å². The molecule has 0 atom stereocenters. The molecule has 0 fully saturated rings. The fraction of sp³-hybridized carbons (Fsp3) is 0.375. The Morgan fingerprint density at radius 1 is 1.71 bits per heavy atom. The van der Waals surface area contributed by atoms with E-state index >= 15 is 0 Å². The normalized spacial score (nSPS) is 15.6. The largest absolute Gasteiger partial charge is 0.411 e. The van der Waals surface area contributed by atoms with Gasteiger partial charge in [0.15, 0.2) is 0 Å². The number of nitrogens with zero attached hydrogens (tertiary/aromatic N) is 3. The lowest BCUT2D eigenvalue weighted by Gasteiger charge is -2.12. The van der Waals surface area contributed by atoms with Gasteiger partial charge < -0.3 is 10.5 Å². The highest BCUT2D eigenvalue weighted by Crippen LogP contribution is 2.16. The van der Waals surface area contributed by atoms with Gasteiger partial charge in [-0.1, -0.05) is 5.16 Å². The Morgan fingerprint density at radius 2 is 2.50 bits per heavy atom. The van der Waals surface area contributed by atoms with Gasteiger partial charge in [0.1, 0.15) is 11.4 Å². The van der Waals surface area contributed by atoms with E-state index in [0.29, 0.717) is 17.9 Å². The minimum Gasteiger partial charge on any atom is -0.411 e. The van der Waals surface area contributed by atoms with Crippen molar-refractivity contribution in [2.75, 3.05) is 6.54 Å². The zero-order valence-electron chi connectivity index (χ0n) is 7.69. The molecule has 2 heterocycles. The second-order valence-electron chi connectivity index (χ2n) is 3.09. The molecule has 1 aliphatic heterocycles.